The molecule has 0 radical (unpaired) electrons. The van der Waals surface area contributed by atoms with E-state index in [9.17, 15) is 22.8 Å². The fourth-order valence-electron chi connectivity index (χ4n) is 3.65. The molecular weight excluding hydrogens is 430 g/mol. The first-order valence-corrected chi connectivity index (χ1v) is 11.3. The number of hydrogen-bond donors (Lipinski definition) is 1. The molecule has 7 nitrogen and oxygen atoms in total. The molecule has 32 heavy (non-hydrogen) atoms. The zero-order valence-corrected chi connectivity index (χ0v) is 17.9. The molecule has 1 N–H and O–H groups in total. The second-order valence-corrected chi connectivity index (χ2v) is 9.14. The number of ether oxygens (including phenoxy) is 1. The van der Waals surface area contributed by atoms with E-state index in [-0.39, 0.29) is 32.9 Å². The highest BCUT2D eigenvalue weighted by molar-refractivity contribution is 7.91. The van der Waals surface area contributed by atoms with Crippen LogP contribution in [0.5, 0.6) is 0 Å². The highest BCUT2D eigenvalue weighted by Crippen LogP contribution is 2.34. The molecule has 162 valence electrons. The summed E-state index contributed by atoms with van der Waals surface area (Å²) in [5.41, 5.74) is 0.889. The Bertz CT molecular complexity index is 1330. The van der Waals surface area contributed by atoms with E-state index in [1.807, 2.05) is 6.07 Å². The number of rotatable bonds is 5. The molecule has 0 aromatic heterocycles. The van der Waals surface area contributed by atoms with E-state index in [1.54, 1.807) is 36.4 Å². The molecule has 1 atom stereocenters. The first-order valence-electron chi connectivity index (χ1n) is 9.78. The van der Waals surface area contributed by atoms with Gasteiger partial charge in [-0.15, -0.1) is 0 Å². The molecule has 0 saturated heterocycles. The predicted octanol–water partition coefficient (Wildman–Crippen LogP) is 3.10. The zero-order valence-electron chi connectivity index (χ0n) is 17.1. The first kappa shape index (κ1) is 21.5. The van der Waals surface area contributed by atoms with E-state index < -0.39 is 33.5 Å². The number of benzene rings is 3. The summed E-state index contributed by atoms with van der Waals surface area (Å²) in [6.07, 6.45) is -0.0959. The Labute approximate surface area is 185 Å². The second-order valence-electron chi connectivity index (χ2n) is 7.26. The molecule has 8 heteroatoms. The molecule has 1 aliphatic rings. The van der Waals surface area contributed by atoms with Gasteiger partial charge in [0.05, 0.1) is 29.4 Å². The van der Waals surface area contributed by atoms with Crippen molar-refractivity contribution in [1.29, 1.82) is 0 Å². The summed E-state index contributed by atoms with van der Waals surface area (Å²) in [5, 5.41) is 2.76. The van der Waals surface area contributed by atoms with Gasteiger partial charge in [-0.1, -0.05) is 42.5 Å². The quantitative estimate of drug-likeness (QED) is 0.469. The molecule has 4 rings (SSSR count). The molecular formula is C24H19NO6S. The lowest BCUT2D eigenvalue weighted by atomic mass is 10.00. The van der Waals surface area contributed by atoms with Crippen LogP contribution < -0.4 is 5.32 Å². The van der Waals surface area contributed by atoms with Crippen LogP contribution in [0.1, 0.15) is 44.3 Å². The third-order valence-corrected chi connectivity index (χ3v) is 7.16. The van der Waals surface area contributed by atoms with E-state index in [0.29, 0.717) is 5.56 Å². The number of carbonyl (C=O) groups excluding carboxylic acids is 3. The summed E-state index contributed by atoms with van der Waals surface area (Å²) >= 11 is 0. The molecule has 0 saturated carbocycles. The summed E-state index contributed by atoms with van der Waals surface area (Å²) in [4.78, 5) is 37.3. The minimum atomic E-state index is -3.97. The molecule has 0 spiro atoms. The third-order valence-electron chi connectivity index (χ3n) is 5.30. The van der Waals surface area contributed by atoms with Gasteiger partial charge in [0.25, 0.3) is 5.91 Å². The molecule has 0 bridgehead atoms. The Morgan fingerprint density at radius 3 is 2.28 bits per heavy atom. The summed E-state index contributed by atoms with van der Waals surface area (Å²) in [6.45, 7) is 0. The van der Waals surface area contributed by atoms with Crippen LogP contribution >= 0.6 is 0 Å². The molecule has 0 unspecified atom stereocenters. The predicted molar refractivity (Wildman–Crippen MR) is 115 cm³/mol. The SMILES string of the molecule is COC(=O)C[C@H](NC(=O)c1ccc2c(c1)S(=O)(=O)c1ccccc1C2=O)c1ccccc1. The average Bonchev–Trinajstić information content (AvgIpc) is 2.82. The van der Waals surface area contributed by atoms with Crippen molar-refractivity contribution in [2.24, 2.45) is 0 Å². The van der Waals surface area contributed by atoms with E-state index >= 15 is 0 Å². The summed E-state index contributed by atoms with van der Waals surface area (Å²) in [7, 11) is -2.71. The van der Waals surface area contributed by atoms with Gasteiger partial charge >= 0.3 is 5.97 Å². The van der Waals surface area contributed by atoms with Crippen LogP contribution in [0, 0.1) is 0 Å². The van der Waals surface area contributed by atoms with Crippen molar-refractivity contribution in [2.45, 2.75) is 22.3 Å². The average molecular weight is 449 g/mol. The summed E-state index contributed by atoms with van der Waals surface area (Å²) in [6, 6.07) is 18.2. The maximum absolute atomic E-state index is 13.1. The molecule has 1 heterocycles. The number of carbonyl (C=O) groups is 3. The highest BCUT2D eigenvalue weighted by Gasteiger charge is 2.35. The number of esters is 1. The molecule has 3 aromatic rings. The highest BCUT2D eigenvalue weighted by atomic mass is 32.2. The van der Waals surface area contributed by atoms with Crippen LogP contribution in [0.3, 0.4) is 0 Å². The van der Waals surface area contributed by atoms with E-state index in [4.69, 9.17) is 4.74 Å². The minimum absolute atomic E-state index is 0.0226. The number of hydrogen-bond acceptors (Lipinski definition) is 6. The van der Waals surface area contributed by atoms with Crippen molar-refractivity contribution in [3.8, 4) is 0 Å². The van der Waals surface area contributed by atoms with Gasteiger partial charge in [-0.25, -0.2) is 8.42 Å². The molecule has 3 aromatic carbocycles. The van der Waals surface area contributed by atoms with Crippen molar-refractivity contribution < 1.29 is 27.5 Å². The zero-order chi connectivity index (χ0) is 22.9. The molecule has 1 aliphatic heterocycles. The summed E-state index contributed by atoms with van der Waals surface area (Å²) in [5.74, 6) is -1.49. The first-order chi connectivity index (χ1) is 15.3. The van der Waals surface area contributed by atoms with E-state index in [2.05, 4.69) is 5.32 Å². The minimum Gasteiger partial charge on any atom is -0.469 e. The second kappa shape index (κ2) is 8.39. The largest absolute Gasteiger partial charge is 0.469 e. The molecule has 1 amide bonds. The Balaban J connectivity index is 1.69. The normalized spacial score (nSPS) is 14.6. The Hall–Kier alpha value is -3.78. The number of nitrogens with one attached hydrogen (secondary N) is 1. The van der Waals surface area contributed by atoms with Crippen molar-refractivity contribution in [2.75, 3.05) is 7.11 Å². The Morgan fingerprint density at radius 2 is 1.56 bits per heavy atom. The van der Waals surface area contributed by atoms with Gasteiger partial charge in [-0.2, -0.15) is 0 Å². The van der Waals surface area contributed by atoms with Gasteiger partial charge in [0.1, 0.15) is 0 Å². The van der Waals surface area contributed by atoms with Crippen molar-refractivity contribution in [3.05, 3.63) is 95.1 Å². The van der Waals surface area contributed by atoms with Crippen LogP contribution in [0.25, 0.3) is 0 Å². The van der Waals surface area contributed by atoms with Gasteiger partial charge < -0.3 is 10.1 Å². The number of methoxy groups -OCH3 is 1. The van der Waals surface area contributed by atoms with Crippen molar-refractivity contribution >= 4 is 27.5 Å². The number of sulfone groups is 1. The van der Waals surface area contributed by atoms with Gasteiger partial charge in [0, 0.05) is 16.7 Å². The smallest absolute Gasteiger partial charge is 0.307 e. The van der Waals surface area contributed by atoms with Crippen molar-refractivity contribution in [1.82, 2.24) is 5.32 Å². The lowest BCUT2D eigenvalue weighted by Gasteiger charge is -2.21. The van der Waals surface area contributed by atoms with Crippen LogP contribution in [-0.4, -0.2) is 33.2 Å². The van der Waals surface area contributed by atoms with Crippen LogP contribution in [0.2, 0.25) is 0 Å². The fraction of sp³-hybridized carbons (Fsp3) is 0.125. The van der Waals surface area contributed by atoms with Gasteiger partial charge in [-0.05, 0) is 35.9 Å². The number of fused-ring (bicyclic) bond motifs is 2. The van der Waals surface area contributed by atoms with E-state index in [0.717, 1.165) is 0 Å². The van der Waals surface area contributed by atoms with E-state index in [1.165, 1.54) is 37.4 Å². The summed E-state index contributed by atoms with van der Waals surface area (Å²) < 4.78 is 30.9. The lowest BCUT2D eigenvalue weighted by molar-refractivity contribution is -0.141. The Kier molecular flexibility index (Phi) is 5.63. The van der Waals surface area contributed by atoms with Crippen LogP contribution in [0.15, 0.2) is 82.6 Å². The van der Waals surface area contributed by atoms with Gasteiger partial charge in [-0.3, -0.25) is 14.4 Å². The third kappa shape index (κ3) is 3.80. The standard InChI is InChI=1S/C24H19NO6S/c1-31-22(26)14-19(15-7-3-2-4-8-15)25-24(28)16-11-12-18-21(13-16)32(29,30)20-10-6-5-9-17(20)23(18)27/h2-13,19H,14H2,1H3,(H,25,28)/t19-/m0/s1. The van der Waals surface area contributed by atoms with Crippen LogP contribution in [0.4, 0.5) is 0 Å². The Morgan fingerprint density at radius 1 is 0.906 bits per heavy atom. The fourth-order valence-corrected chi connectivity index (χ4v) is 5.33. The van der Waals surface area contributed by atoms with Gasteiger partial charge in [0.2, 0.25) is 9.84 Å². The topological polar surface area (TPSA) is 107 Å². The van der Waals surface area contributed by atoms with Crippen molar-refractivity contribution in [3.63, 3.8) is 0 Å². The maximum Gasteiger partial charge on any atom is 0.307 e. The maximum atomic E-state index is 13.1. The number of ketones is 1. The molecule has 0 fully saturated rings. The lowest BCUT2D eigenvalue weighted by Crippen LogP contribution is -2.31. The number of amides is 1. The molecule has 0 aliphatic carbocycles. The monoisotopic (exact) mass is 449 g/mol. The van der Waals surface area contributed by atoms with Crippen LogP contribution in [-0.2, 0) is 19.4 Å². The van der Waals surface area contributed by atoms with Gasteiger partial charge in [0.15, 0.2) is 5.78 Å².